The van der Waals surface area contributed by atoms with Crippen LogP contribution in [-0.4, -0.2) is 35.2 Å². The molecule has 0 bridgehead atoms. The first-order valence-electron chi connectivity index (χ1n) is 7.28. The Morgan fingerprint density at radius 2 is 1.48 bits per heavy atom. The van der Waals surface area contributed by atoms with Crippen LogP contribution in [0.25, 0.3) is 0 Å². The number of amides is 5. The molecule has 2 aromatic carbocycles. The van der Waals surface area contributed by atoms with Crippen molar-refractivity contribution in [1.82, 2.24) is 10.2 Å². The minimum Gasteiger partial charge on any atom is -0.305 e. The molecule has 0 unspecified atom stereocenters. The van der Waals surface area contributed by atoms with E-state index in [1.807, 2.05) is 5.32 Å². The molecule has 0 saturated heterocycles. The molecule has 2 N–H and O–H groups in total. The lowest BCUT2D eigenvalue weighted by atomic mass is 10.1. The summed E-state index contributed by atoms with van der Waals surface area (Å²) in [7, 11) is 0. The van der Waals surface area contributed by atoms with Crippen molar-refractivity contribution in [2.45, 2.75) is 0 Å². The van der Waals surface area contributed by atoms with Crippen molar-refractivity contribution in [3.05, 3.63) is 65.5 Å². The van der Waals surface area contributed by atoms with E-state index < -0.39 is 36.1 Å². The van der Waals surface area contributed by atoms with Crippen molar-refractivity contribution < 1.29 is 23.6 Å². The number of halogens is 1. The Morgan fingerprint density at radius 1 is 0.920 bits per heavy atom. The van der Waals surface area contributed by atoms with Crippen molar-refractivity contribution >= 4 is 29.4 Å². The van der Waals surface area contributed by atoms with E-state index in [0.29, 0.717) is 0 Å². The summed E-state index contributed by atoms with van der Waals surface area (Å²) in [6.07, 6.45) is 0. The average Bonchev–Trinajstić information content (AvgIpc) is 2.82. The first kappa shape index (κ1) is 16.3. The van der Waals surface area contributed by atoms with Crippen molar-refractivity contribution in [2.75, 3.05) is 11.9 Å². The highest BCUT2D eigenvalue weighted by atomic mass is 19.1. The molecule has 0 spiro atoms. The third kappa shape index (κ3) is 3.23. The quantitative estimate of drug-likeness (QED) is 0.832. The largest absolute Gasteiger partial charge is 0.326 e. The topological polar surface area (TPSA) is 95.6 Å². The molecule has 1 aliphatic heterocycles. The summed E-state index contributed by atoms with van der Waals surface area (Å²) >= 11 is 0. The van der Waals surface area contributed by atoms with Gasteiger partial charge in [-0.05, 0) is 24.3 Å². The lowest BCUT2D eigenvalue weighted by Crippen LogP contribution is -2.43. The van der Waals surface area contributed by atoms with Crippen LogP contribution in [0.3, 0.4) is 0 Å². The van der Waals surface area contributed by atoms with Gasteiger partial charge >= 0.3 is 6.03 Å². The van der Waals surface area contributed by atoms with Gasteiger partial charge in [-0.25, -0.2) is 9.18 Å². The molecule has 0 aliphatic carbocycles. The van der Waals surface area contributed by atoms with E-state index in [4.69, 9.17) is 0 Å². The van der Waals surface area contributed by atoms with Gasteiger partial charge < -0.3 is 5.32 Å². The van der Waals surface area contributed by atoms with Gasteiger partial charge in [-0.1, -0.05) is 24.3 Å². The van der Waals surface area contributed by atoms with Gasteiger partial charge in [0, 0.05) is 0 Å². The van der Waals surface area contributed by atoms with Crippen LogP contribution in [0.2, 0.25) is 0 Å². The number of benzene rings is 2. The van der Waals surface area contributed by atoms with Crippen LogP contribution in [0.4, 0.5) is 14.9 Å². The maximum atomic E-state index is 13.4. The number of anilines is 1. The summed E-state index contributed by atoms with van der Waals surface area (Å²) in [6.45, 7) is -0.614. The minimum atomic E-state index is -0.966. The fourth-order valence-corrected chi connectivity index (χ4v) is 2.41. The van der Waals surface area contributed by atoms with Gasteiger partial charge in [-0.15, -0.1) is 0 Å². The zero-order valence-electron chi connectivity index (χ0n) is 12.8. The Labute approximate surface area is 141 Å². The van der Waals surface area contributed by atoms with Gasteiger partial charge in [-0.2, -0.15) is 0 Å². The van der Waals surface area contributed by atoms with Gasteiger partial charge in [0.15, 0.2) is 0 Å². The van der Waals surface area contributed by atoms with Crippen LogP contribution in [0.1, 0.15) is 20.7 Å². The summed E-state index contributed by atoms with van der Waals surface area (Å²) in [5, 5.41) is 4.12. The van der Waals surface area contributed by atoms with E-state index in [1.54, 1.807) is 12.1 Å². The van der Waals surface area contributed by atoms with Crippen LogP contribution in [-0.2, 0) is 4.79 Å². The number of nitrogens with one attached hydrogen (secondary N) is 2. The predicted octanol–water partition coefficient (Wildman–Crippen LogP) is 1.77. The van der Waals surface area contributed by atoms with Crippen LogP contribution in [0.15, 0.2) is 48.5 Å². The molecule has 2 aromatic rings. The lowest BCUT2D eigenvalue weighted by molar-refractivity contribution is -0.120. The predicted molar refractivity (Wildman–Crippen MR) is 85.4 cm³/mol. The first-order valence-corrected chi connectivity index (χ1v) is 7.28. The molecular formula is C17H12FN3O4. The van der Waals surface area contributed by atoms with Crippen molar-refractivity contribution in [2.24, 2.45) is 0 Å². The molecule has 8 heteroatoms. The monoisotopic (exact) mass is 341 g/mol. The highest BCUT2D eigenvalue weighted by Crippen LogP contribution is 2.21. The second-order valence-electron chi connectivity index (χ2n) is 5.22. The van der Waals surface area contributed by atoms with Crippen molar-refractivity contribution in [3.63, 3.8) is 0 Å². The summed E-state index contributed by atoms with van der Waals surface area (Å²) in [5.74, 6) is -2.75. The molecule has 0 atom stereocenters. The highest BCUT2D eigenvalue weighted by molar-refractivity contribution is 6.22. The third-order valence-electron chi connectivity index (χ3n) is 3.55. The number of imide groups is 2. The average molecular weight is 341 g/mol. The Balaban J connectivity index is 1.62. The van der Waals surface area contributed by atoms with E-state index >= 15 is 0 Å². The van der Waals surface area contributed by atoms with Crippen LogP contribution in [0.5, 0.6) is 0 Å². The van der Waals surface area contributed by atoms with Crippen molar-refractivity contribution in [3.8, 4) is 0 Å². The zero-order valence-corrected chi connectivity index (χ0v) is 12.8. The second kappa shape index (κ2) is 6.52. The highest BCUT2D eigenvalue weighted by Gasteiger charge is 2.36. The fraction of sp³-hybridized carbons (Fsp3) is 0.0588. The molecule has 0 fully saturated rings. The second-order valence-corrected chi connectivity index (χ2v) is 5.22. The zero-order chi connectivity index (χ0) is 18.0. The van der Waals surface area contributed by atoms with E-state index in [0.717, 1.165) is 11.0 Å². The Morgan fingerprint density at radius 3 is 2.08 bits per heavy atom. The molecule has 5 amide bonds. The molecule has 0 aromatic heterocycles. The Kier molecular flexibility index (Phi) is 4.25. The molecular weight excluding hydrogens is 329 g/mol. The number of para-hydroxylation sites is 1. The normalized spacial score (nSPS) is 12.8. The summed E-state index contributed by atoms with van der Waals surface area (Å²) in [6, 6.07) is 10.7. The number of urea groups is 1. The first-order chi connectivity index (χ1) is 12.0. The molecule has 25 heavy (non-hydrogen) atoms. The van der Waals surface area contributed by atoms with Gasteiger partial charge in [0.1, 0.15) is 12.4 Å². The molecule has 7 nitrogen and oxygen atoms in total. The Bertz CT molecular complexity index is 862. The smallest absolute Gasteiger partial charge is 0.305 e. The maximum absolute atomic E-state index is 13.4. The molecule has 0 radical (unpaired) electrons. The van der Waals surface area contributed by atoms with E-state index in [-0.39, 0.29) is 16.8 Å². The van der Waals surface area contributed by atoms with Crippen molar-refractivity contribution in [1.29, 1.82) is 0 Å². The summed E-state index contributed by atoms with van der Waals surface area (Å²) in [5.41, 5.74) is 0.306. The van der Waals surface area contributed by atoms with Crippen LogP contribution < -0.4 is 10.6 Å². The number of carbonyl (C=O) groups is 4. The number of nitrogens with zero attached hydrogens (tertiary/aromatic N) is 1. The molecule has 1 aliphatic rings. The molecule has 0 saturated carbocycles. The van der Waals surface area contributed by atoms with E-state index in [2.05, 4.69) is 5.32 Å². The minimum absolute atomic E-state index is 0.103. The Hall–Kier alpha value is -3.55. The number of hydrogen-bond acceptors (Lipinski definition) is 4. The summed E-state index contributed by atoms with van der Waals surface area (Å²) < 4.78 is 13.4. The van der Waals surface area contributed by atoms with E-state index in [1.165, 1.54) is 30.3 Å². The van der Waals surface area contributed by atoms with Gasteiger partial charge in [0.2, 0.25) is 5.91 Å². The number of carbonyl (C=O) groups excluding carboxylic acids is 4. The SMILES string of the molecule is O=C(CN1C(=O)c2ccccc2C1=O)NC(=O)Nc1ccccc1F. The van der Waals surface area contributed by atoms with Crippen LogP contribution >= 0.6 is 0 Å². The van der Waals surface area contributed by atoms with Gasteiger partial charge in [0.05, 0.1) is 16.8 Å². The molecule has 3 rings (SSSR count). The lowest BCUT2D eigenvalue weighted by Gasteiger charge is -2.13. The maximum Gasteiger partial charge on any atom is 0.326 e. The molecule has 126 valence electrons. The molecule has 1 heterocycles. The fourth-order valence-electron chi connectivity index (χ4n) is 2.41. The van der Waals surface area contributed by atoms with Gasteiger partial charge in [-0.3, -0.25) is 24.6 Å². The number of hydrogen-bond donors (Lipinski definition) is 2. The van der Waals surface area contributed by atoms with Gasteiger partial charge in [0.25, 0.3) is 11.8 Å². The van der Waals surface area contributed by atoms with Crippen LogP contribution in [0, 0.1) is 5.82 Å². The van der Waals surface area contributed by atoms with E-state index in [9.17, 15) is 23.6 Å². The number of rotatable bonds is 3. The third-order valence-corrected chi connectivity index (χ3v) is 3.55. The number of fused-ring (bicyclic) bond motifs is 1. The standard InChI is InChI=1S/C17H12FN3O4/c18-12-7-3-4-8-13(12)19-17(25)20-14(22)9-21-15(23)10-5-1-2-6-11(10)16(21)24/h1-8H,9H2,(H2,19,20,22,25). The summed E-state index contributed by atoms with van der Waals surface area (Å²) in [4.78, 5) is 48.7.